The standard InChI is InChI=1S/C25H26O6/c1-2-25(26)31-17-15-27-14-16-29-23-12-13-24(22-11-7-6-10-21(22)23)30-19-18-28-20-8-4-3-5-9-20/h2-13H,1,14-19H2. The minimum Gasteiger partial charge on any atom is -0.491 e. The fourth-order valence-corrected chi connectivity index (χ4v) is 2.90. The molecule has 31 heavy (non-hydrogen) atoms. The van der Waals surface area contributed by atoms with Gasteiger partial charge in [0.1, 0.15) is 43.7 Å². The van der Waals surface area contributed by atoms with E-state index in [0.717, 1.165) is 34.1 Å². The number of fused-ring (bicyclic) bond motifs is 1. The molecule has 0 amide bonds. The lowest BCUT2D eigenvalue weighted by atomic mass is 10.1. The van der Waals surface area contributed by atoms with Crippen molar-refractivity contribution < 1.29 is 28.5 Å². The first kappa shape index (κ1) is 22.2. The van der Waals surface area contributed by atoms with Crippen molar-refractivity contribution in [2.24, 2.45) is 0 Å². The molecule has 6 heteroatoms. The molecule has 162 valence electrons. The number of carbonyl (C=O) groups excluding carboxylic acids is 1. The number of rotatable bonds is 13. The second-order valence-corrected chi connectivity index (χ2v) is 6.45. The number of benzene rings is 3. The van der Waals surface area contributed by atoms with Crippen LogP contribution in [0.3, 0.4) is 0 Å². The highest BCUT2D eigenvalue weighted by atomic mass is 16.6. The lowest BCUT2D eigenvalue weighted by Crippen LogP contribution is -2.12. The number of ether oxygens (including phenoxy) is 5. The Kier molecular flexibility index (Phi) is 8.76. The van der Waals surface area contributed by atoms with Gasteiger partial charge in [0.2, 0.25) is 0 Å². The summed E-state index contributed by atoms with van der Waals surface area (Å²) in [6, 6.07) is 21.4. The third-order valence-corrected chi connectivity index (χ3v) is 4.32. The molecule has 0 atom stereocenters. The second-order valence-electron chi connectivity index (χ2n) is 6.45. The molecule has 0 saturated carbocycles. The Morgan fingerprint density at radius 1 is 0.677 bits per heavy atom. The maximum absolute atomic E-state index is 10.9. The van der Waals surface area contributed by atoms with Gasteiger partial charge in [-0.2, -0.15) is 0 Å². The lowest BCUT2D eigenvalue weighted by molar-refractivity contribution is -0.139. The summed E-state index contributed by atoms with van der Waals surface area (Å²) in [4.78, 5) is 10.9. The molecule has 0 aliphatic heterocycles. The Balaban J connectivity index is 1.47. The molecular formula is C25H26O6. The molecule has 0 aromatic heterocycles. The van der Waals surface area contributed by atoms with E-state index < -0.39 is 5.97 Å². The van der Waals surface area contributed by atoms with Gasteiger partial charge < -0.3 is 23.7 Å². The summed E-state index contributed by atoms with van der Waals surface area (Å²) in [5.41, 5.74) is 0. The zero-order valence-electron chi connectivity index (χ0n) is 17.3. The maximum atomic E-state index is 10.9. The highest BCUT2D eigenvalue weighted by Crippen LogP contribution is 2.33. The number of esters is 1. The minimum absolute atomic E-state index is 0.188. The molecule has 0 fully saturated rings. The van der Waals surface area contributed by atoms with E-state index in [9.17, 15) is 4.79 Å². The highest BCUT2D eigenvalue weighted by molar-refractivity contribution is 5.93. The summed E-state index contributed by atoms with van der Waals surface area (Å²) in [6.07, 6.45) is 1.12. The Morgan fingerprint density at radius 3 is 1.87 bits per heavy atom. The Morgan fingerprint density at radius 2 is 1.23 bits per heavy atom. The van der Waals surface area contributed by atoms with Crippen LogP contribution in [-0.4, -0.2) is 45.6 Å². The van der Waals surface area contributed by atoms with Crippen molar-refractivity contribution in [2.45, 2.75) is 0 Å². The number of hydrogen-bond acceptors (Lipinski definition) is 6. The molecule has 0 radical (unpaired) electrons. The van der Waals surface area contributed by atoms with Gasteiger partial charge >= 0.3 is 5.97 Å². The van der Waals surface area contributed by atoms with Crippen molar-refractivity contribution in [3.05, 3.63) is 79.4 Å². The van der Waals surface area contributed by atoms with Gasteiger partial charge in [0, 0.05) is 16.8 Å². The molecule has 0 heterocycles. The molecule has 0 unspecified atom stereocenters. The van der Waals surface area contributed by atoms with Crippen molar-refractivity contribution in [3.63, 3.8) is 0 Å². The van der Waals surface area contributed by atoms with Crippen molar-refractivity contribution in [2.75, 3.05) is 39.6 Å². The van der Waals surface area contributed by atoms with Crippen LogP contribution in [0, 0.1) is 0 Å². The van der Waals surface area contributed by atoms with E-state index in [1.165, 1.54) is 0 Å². The minimum atomic E-state index is -0.458. The molecule has 0 saturated heterocycles. The smallest absolute Gasteiger partial charge is 0.330 e. The molecule has 3 rings (SSSR count). The molecule has 0 bridgehead atoms. The summed E-state index contributed by atoms with van der Waals surface area (Å²) < 4.78 is 27.8. The van der Waals surface area contributed by atoms with Gasteiger partial charge in [-0.15, -0.1) is 0 Å². The summed E-state index contributed by atoms with van der Waals surface area (Å²) in [5, 5.41) is 1.93. The van der Waals surface area contributed by atoms with Gasteiger partial charge in [-0.1, -0.05) is 49.0 Å². The molecule has 3 aromatic rings. The maximum Gasteiger partial charge on any atom is 0.330 e. The largest absolute Gasteiger partial charge is 0.491 e. The zero-order valence-corrected chi connectivity index (χ0v) is 17.3. The SMILES string of the molecule is C=CC(=O)OCCOCCOc1ccc(OCCOc2ccccc2)c2ccccc12. The Labute approximate surface area is 181 Å². The van der Waals surface area contributed by atoms with E-state index in [4.69, 9.17) is 23.7 Å². The molecule has 0 aliphatic carbocycles. The fraction of sp³-hybridized carbons (Fsp3) is 0.240. The molecular weight excluding hydrogens is 396 g/mol. The van der Waals surface area contributed by atoms with Crippen molar-refractivity contribution in [1.29, 1.82) is 0 Å². The molecule has 6 nitrogen and oxygen atoms in total. The Bertz CT molecular complexity index is 970. The van der Waals surface area contributed by atoms with Crippen LogP contribution < -0.4 is 14.2 Å². The van der Waals surface area contributed by atoms with E-state index in [0.29, 0.717) is 33.0 Å². The van der Waals surface area contributed by atoms with Gasteiger partial charge in [-0.25, -0.2) is 4.79 Å². The molecule has 0 N–H and O–H groups in total. The van der Waals surface area contributed by atoms with Gasteiger partial charge in [-0.3, -0.25) is 0 Å². The van der Waals surface area contributed by atoms with Crippen LogP contribution in [0.4, 0.5) is 0 Å². The van der Waals surface area contributed by atoms with E-state index in [-0.39, 0.29) is 6.61 Å². The summed E-state index contributed by atoms with van der Waals surface area (Å²) >= 11 is 0. The third-order valence-electron chi connectivity index (χ3n) is 4.32. The van der Waals surface area contributed by atoms with E-state index in [1.54, 1.807) is 0 Å². The van der Waals surface area contributed by atoms with Crippen LogP contribution >= 0.6 is 0 Å². The topological polar surface area (TPSA) is 63.2 Å². The summed E-state index contributed by atoms with van der Waals surface area (Å²) in [5.74, 6) is 1.89. The predicted octanol–water partition coefficient (Wildman–Crippen LogP) is 4.42. The lowest BCUT2D eigenvalue weighted by Gasteiger charge is -2.14. The number of hydrogen-bond donors (Lipinski definition) is 0. The van der Waals surface area contributed by atoms with Crippen LogP contribution in [0.15, 0.2) is 79.4 Å². The van der Waals surface area contributed by atoms with Crippen molar-refractivity contribution >= 4 is 16.7 Å². The monoisotopic (exact) mass is 422 g/mol. The van der Waals surface area contributed by atoms with Crippen LogP contribution in [0.25, 0.3) is 10.8 Å². The van der Waals surface area contributed by atoms with Crippen molar-refractivity contribution in [1.82, 2.24) is 0 Å². The Hall–Kier alpha value is -3.51. The second kappa shape index (κ2) is 12.2. The van der Waals surface area contributed by atoms with Crippen LogP contribution in [-0.2, 0) is 14.3 Å². The fourth-order valence-electron chi connectivity index (χ4n) is 2.90. The highest BCUT2D eigenvalue weighted by Gasteiger charge is 2.08. The first-order valence-electron chi connectivity index (χ1n) is 10.1. The zero-order chi connectivity index (χ0) is 21.7. The summed E-state index contributed by atoms with van der Waals surface area (Å²) in [7, 11) is 0. The van der Waals surface area contributed by atoms with Crippen LogP contribution in [0.5, 0.6) is 17.2 Å². The summed E-state index contributed by atoms with van der Waals surface area (Å²) in [6.45, 7) is 5.48. The van der Waals surface area contributed by atoms with E-state index in [2.05, 4.69) is 6.58 Å². The molecule has 0 aliphatic rings. The first-order chi connectivity index (χ1) is 15.3. The normalized spacial score (nSPS) is 10.5. The quantitative estimate of drug-likeness (QED) is 0.231. The molecule has 0 spiro atoms. The number of para-hydroxylation sites is 1. The van der Waals surface area contributed by atoms with E-state index >= 15 is 0 Å². The van der Waals surface area contributed by atoms with Gasteiger partial charge in [0.05, 0.1) is 13.2 Å². The van der Waals surface area contributed by atoms with Crippen molar-refractivity contribution in [3.8, 4) is 17.2 Å². The van der Waals surface area contributed by atoms with Gasteiger partial charge in [0.15, 0.2) is 0 Å². The van der Waals surface area contributed by atoms with Gasteiger partial charge in [0.25, 0.3) is 0 Å². The predicted molar refractivity (Wildman–Crippen MR) is 119 cm³/mol. The third kappa shape index (κ3) is 7.04. The van der Waals surface area contributed by atoms with Gasteiger partial charge in [-0.05, 0) is 24.3 Å². The van der Waals surface area contributed by atoms with Crippen LogP contribution in [0.1, 0.15) is 0 Å². The van der Waals surface area contributed by atoms with Crippen LogP contribution in [0.2, 0.25) is 0 Å². The average Bonchev–Trinajstić information content (AvgIpc) is 2.82. The molecule has 3 aromatic carbocycles. The van der Waals surface area contributed by atoms with E-state index in [1.807, 2.05) is 66.7 Å². The average molecular weight is 422 g/mol. The first-order valence-corrected chi connectivity index (χ1v) is 10.1. The number of carbonyl (C=O) groups is 1.